The van der Waals surface area contributed by atoms with Crippen molar-refractivity contribution in [1.82, 2.24) is 4.40 Å². The number of hydrogen-bond donors (Lipinski definition) is 0. The highest BCUT2D eigenvalue weighted by Crippen LogP contribution is 2.50. The molecule has 0 saturated carbocycles. The Bertz CT molecular complexity index is 2080. The van der Waals surface area contributed by atoms with Gasteiger partial charge < -0.3 is 4.40 Å². The Hall–Kier alpha value is -3.86. The second kappa shape index (κ2) is 6.91. The normalized spacial score (nSPS) is 13.4. The van der Waals surface area contributed by atoms with E-state index in [2.05, 4.69) is 41.0 Å². The van der Waals surface area contributed by atoms with Crippen LogP contribution in [0.25, 0.3) is 59.8 Å². The summed E-state index contributed by atoms with van der Waals surface area (Å²) in [5.41, 5.74) is 4.50. The van der Waals surface area contributed by atoms with Gasteiger partial charge in [-0.05, 0) is 72.7 Å². The Balaban J connectivity index is 1.93. The van der Waals surface area contributed by atoms with E-state index in [1.807, 2.05) is 49.6 Å². The average Bonchev–Trinajstić information content (AvgIpc) is 3.21. The van der Waals surface area contributed by atoms with Gasteiger partial charge in [0.1, 0.15) is 7.05 Å². The molecular formula is C32H26F3N2+. The zero-order valence-electron chi connectivity index (χ0n) is 21.4. The zero-order valence-corrected chi connectivity index (χ0v) is 21.4. The van der Waals surface area contributed by atoms with Gasteiger partial charge in [-0.1, -0.05) is 42.5 Å². The molecule has 3 aromatic heterocycles. The standard InChI is InChI=1S/C32H26F3N2/c1-17-20-10-6-7-11-21(20)18(2)28-25(17)29-26-19(14-15-36(29)5)16-23(31(3,4)32(33,34)35)27-22-12-8-9-13-24(22)37(28)30(26)27/h6-16H,1-5H3/q+1. The summed E-state index contributed by atoms with van der Waals surface area (Å²) >= 11 is 0. The van der Waals surface area contributed by atoms with Crippen LogP contribution in [0.5, 0.6) is 0 Å². The molecule has 4 aromatic carbocycles. The van der Waals surface area contributed by atoms with Gasteiger partial charge in [0, 0.05) is 16.8 Å². The fourth-order valence-electron chi connectivity index (χ4n) is 6.52. The van der Waals surface area contributed by atoms with E-state index in [1.165, 1.54) is 24.8 Å². The Morgan fingerprint density at radius 1 is 0.730 bits per heavy atom. The van der Waals surface area contributed by atoms with Crippen molar-refractivity contribution in [2.75, 3.05) is 0 Å². The SMILES string of the molecule is Cc1c2ccccc2c(C)c2c1c1c3c(cc[n+]1C)cc(C(C)(C)C(F)(F)F)c1c4ccccc4n2c13. The average molecular weight is 496 g/mol. The van der Waals surface area contributed by atoms with Gasteiger partial charge in [-0.2, -0.15) is 13.2 Å². The molecule has 0 atom stereocenters. The van der Waals surface area contributed by atoms with Gasteiger partial charge >= 0.3 is 6.18 Å². The summed E-state index contributed by atoms with van der Waals surface area (Å²) in [7, 11) is 2.03. The van der Waals surface area contributed by atoms with E-state index in [1.54, 1.807) is 6.07 Å². The summed E-state index contributed by atoms with van der Waals surface area (Å²) in [5.74, 6) is 0. The summed E-state index contributed by atoms with van der Waals surface area (Å²) < 4.78 is 48.0. The van der Waals surface area contributed by atoms with E-state index in [9.17, 15) is 13.2 Å². The van der Waals surface area contributed by atoms with Crippen LogP contribution in [0.4, 0.5) is 13.2 Å². The predicted molar refractivity (Wildman–Crippen MR) is 146 cm³/mol. The fraction of sp³-hybridized carbons (Fsp3) is 0.219. The van der Waals surface area contributed by atoms with Crippen LogP contribution in [0.3, 0.4) is 0 Å². The van der Waals surface area contributed by atoms with Crippen molar-refractivity contribution >= 4 is 59.8 Å². The molecule has 0 amide bonds. The molecule has 0 fully saturated rings. The lowest BCUT2D eigenvalue weighted by atomic mass is 9.80. The second-order valence-corrected chi connectivity index (χ2v) is 10.9. The number of benzene rings is 4. The van der Waals surface area contributed by atoms with E-state index < -0.39 is 11.6 Å². The molecule has 0 bridgehead atoms. The first-order valence-electron chi connectivity index (χ1n) is 12.5. The highest BCUT2D eigenvalue weighted by atomic mass is 19.4. The maximum atomic E-state index is 14.5. The van der Waals surface area contributed by atoms with E-state index in [0.717, 1.165) is 54.6 Å². The molecule has 0 aliphatic carbocycles. The summed E-state index contributed by atoms with van der Waals surface area (Å²) in [4.78, 5) is 0. The van der Waals surface area contributed by atoms with Gasteiger partial charge in [-0.3, -0.25) is 0 Å². The first-order valence-corrected chi connectivity index (χ1v) is 12.5. The second-order valence-electron chi connectivity index (χ2n) is 10.9. The molecule has 0 spiro atoms. The topological polar surface area (TPSA) is 8.29 Å². The Morgan fingerprint density at radius 3 is 2.03 bits per heavy atom. The van der Waals surface area contributed by atoms with E-state index >= 15 is 0 Å². The van der Waals surface area contributed by atoms with Gasteiger partial charge in [0.2, 0.25) is 5.52 Å². The maximum absolute atomic E-state index is 14.5. The van der Waals surface area contributed by atoms with E-state index in [4.69, 9.17) is 0 Å². The summed E-state index contributed by atoms with van der Waals surface area (Å²) in [6.07, 6.45) is -2.43. The number of hydrogen-bond acceptors (Lipinski definition) is 0. The number of rotatable bonds is 1. The quantitative estimate of drug-likeness (QED) is 0.123. The first-order chi connectivity index (χ1) is 17.5. The highest BCUT2D eigenvalue weighted by Gasteiger charge is 2.50. The molecule has 0 saturated heterocycles. The minimum atomic E-state index is -4.40. The molecule has 5 heteroatoms. The van der Waals surface area contributed by atoms with Crippen LogP contribution < -0.4 is 4.57 Å². The minimum Gasteiger partial charge on any atom is -0.307 e. The smallest absolute Gasteiger partial charge is 0.307 e. The van der Waals surface area contributed by atoms with Gasteiger partial charge in [-0.15, -0.1) is 0 Å². The van der Waals surface area contributed by atoms with Crippen molar-refractivity contribution < 1.29 is 17.7 Å². The van der Waals surface area contributed by atoms with Crippen molar-refractivity contribution in [2.45, 2.75) is 39.3 Å². The number of aryl methyl sites for hydroxylation is 3. The third kappa shape index (κ3) is 2.59. The van der Waals surface area contributed by atoms with Crippen LogP contribution in [0.1, 0.15) is 30.5 Å². The molecule has 184 valence electrons. The van der Waals surface area contributed by atoms with Crippen LogP contribution in [0, 0.1) is 13.8 Å². The Kier molecular flexibility index (Phi) is 4.18. The predicted octanol–water partition coefficient (Wildman–Crippen LogP) is 8.42. The molecule has 7 rings (SSSR count). The van der Waals surface area contributed by atoms with Gasteiger partial charge in [-0.25, -0.2) is 4.57 Å². The summed E-state index contributed by atoms with van der Waals surface area (Å²) in [6.45, 7) is 6.89. The molecule has 37 heavy (non-hydrogen) atoms. The van der Waals surface area contributed by atoms with Crippen molar-refractivity contribution in [3.63, 3.8) is 0 Å². The molecule has 0 aliphatic heterocycles. The number of halogens is 3. The van der Waals surface area contributed by atoms with Crippen molar-refractivity contribution in [3.05, 3.63) is 83.6 Å². The lowest BCUT2D eigenvalue weighted by Gasteiger charge is -2.30. The van der Waals surface area contributed by atoms with Gasteiger partial charge in [0.25, 0.3) is 0 Å². The molecule has 0 aliphatic rings. The van der Waals surface area contributed by atoms with Crippen molar-refractivity contribution in [1.29, 1.82) is 0 Å². The molecule has 0 radical (unpaired) electrons. The number of para-hydroxylation sites is 1. The van der Waals surface area contributed by atoms with Crippen molar-refractivity contribution in [3.8, 4) is 0 Å². The Labute approximate surface area is 211 Å². The van der Waals surface area contributed by atoms with Crippen LogP contribution in [-0.2, 0) is 12.5 Å². The maximum Gasteiger partial charge on any atom is 0.397 e. The van der Waals surface area contributed by atoms with E-state index in [-0.39, 0.29) is 0 Å². The zero-order chi connectivity index (χ0) is 26.0. The number of nitrogens with zero attached hydrogens (tertiary/aromatic N) is 2. The number of fused-ring (bicyclic) bond motifs is 7. The minimum absolute atomic E-state index is 0.316. The largest absolute Gasteiger partial charge is 0.397 e. The van der Waals surface area contributed by atoms with Gasteiger partial charge in [0.05, 0.1) is 32.7 Å². The summed E-state index contributed by atoms with van der Waals surface area (Å²) in [6, 6.07) is 20.0. The lowest BCUT2D eigenvalue weighted by Crippen LogP contribution is -2.36. The van der Waals surface area contributed by atoms with Crippen molar-refractivity contribution in [2.24, 2.45) is 7.05 Å². The summed E-state index contributed by atoms with van der Waals surface area (Å²) in [5, 5.41) is 6.87. The van der Waals surface area contributed by atoms with E-state index in [0.29, 0.717) is 10.9 Å². The number of aromatic nitrogens is 2. The molecule has 2 nitrogen and oxygen atoms in total. The third-order valence-corrected chi connectivity index (χ3v) is 8.58. The number of alkyl halides is 3. The highest BCUT2D eigenvalue weighted by molar-refractivity contribution is 6.29. The Morgan fingerprint density at radius 2 is 1.35 bits per heavy atom. The molecular weight excluding hydrogens is 469 g/mol. The van der Waals surface area contributed by atoms with Crippen LogP contribution in [0.15, 0.2) is 66.9 Å². The van der Waals surface area contributed by atoms with Crippen LogP contribution in [0.2, 0.25) is 0 Å². The number of pyridine rings is 2. The van der Waals surface area contributed by atoms with Crippen LogP contribution in [-0.4, -0.2) is 10.6 Å². The van der Waals surface area contributed by atoms with Gasteiger partial charge in [0.15, 0.2) is 6.20 Å². The molecule has 0 unspecified atom stereocenters. The third-order valence-electron chi connectivity index (χ3n) is 8.58. The molecule has 7 aromatic rings. The van der Waals surface area contributed by atoms with Crippen LogP contribution >= 0.6 is 0 Å². The molecule has 0 N–H and O–H groups in total. The molecule has 3 heterocycles. The lowest BCUT2D eigenvalue weighted by molar-refractivity contribution is -0.643. The fourth-order valence-corrected chi connectivity index (χ4v) is 6.52. The monoisotopic (exact) mass is 495 g/mol. The first kappa shape index (κ1) is 22.3.